The maximum Gasteiger partial charge on any atom is 0.111 e. The second kappa shape index (κ2) is 9.11. The van der Waals surface area contributed by atoms with Crippen LogP contribution in [0.3, 0.4) is 0 Å². The fraction of sp³-hybridized carbons (Fsp3) is 0.300. The molecule has 7 heteroatoms. The van der Waals surface area contributed by atoms with Crippen molar-refractivity contribution in [1.29, 1.82) is 0 Å². The summed E-state index contributed by atoms with van der Waals surface area (Å²) in [5, 5.41) is 2.32. The van der Waals surface area contributed by atoms with E-state index in [0.29, 0.717) is 29.6 Å². The number of nitrogens with two attached hydrogens (primary N) is 1. The lowest BCUT2D eigenvalue weighted by atomic mass is 10.1. The molecule has 2 aromatic heterocycles. The van der Waals surface area contributed by atoms with Gasteiger partial charge in [0.15, 0.2) is 0 Å². The SMILES string of the molecule is CC(C)c1nc(CCN)n(Cc2ccccn2)c1Sc1cc(Cl)cc(Cl)c1. The second-order valence-corrected chi connectivity index (χ2v) is 8.46. The summed E-state index contributed by atoms with van der Waals surface area (Å²) < 4.78 is 2.21. The first-order valence-electron chi connectivity index (χ1n) is 8.81. The quantitative estimate of drug-likeness (QED) is 0.554. The van der Waals surface area contributed by atoms with Gasteiger partial charge in [-0.25, -0.2) is 4.98 Å². The average Bonchev–Trinajstić information content (AvgIpc) is 2.93. The van der Waals surface area contributed by atoms with Crippen molar-refractivity contribution in [3.8, 4) is 0 Å². The zero-order chi connectivity index (χ0) is 19.4. The normalized spacial score (nSPS) is 11.3. The highest BCUT2D eigenvalue weighted by atomic mass is 35.5. The van der Waals surface area contributed by atoms with E-state index in [2.05, 4.69) is 23.4 Å². The number of hydrogen-bond acceptors (Lipinski definition) is 4. The summed E-state index contributed by atoms with van der Waals surface area (Å²) >= 11 is 14.0. The molecule has 0 saturated heterocycles. The molecule has 0 saturated carbocycles. The maximum atomic E-state index is 6.20. The van der Waals surface area contributed by atoms with Crippen LogP contribution in [-0.2, 0) is 13.0 Å². The lowest BCUT2D eigenvalue weighted by Gasteiger charge is -2.13. The van der Waals surface area contributed by atoms with Gasteiger partial charge in [0.1, 0.15) is 10.9 Å². The van der Waals surface area contributed by atoms with E-state index in [9.17, 15) is 0 Å². The molecule has 0 aliphatic rings. The summed E-state index contributed by atoms with van der Waals surface area (Å²) in [6, 6.07) is 11.5. The Morgan fingerprint density at radius 1 is 1.15 bits per heavy atom. The molecule has 2 N–H and O–H groups in total. The summed E-state index contributed by atoms with van der Waals surface area (Å²) in [4.78, 5) is 10.4. The first-order chi connectivity index (χ1) is 13.0. The van der Waals surface area contributed by atoms with E-state index in [0.717, 1.165) is 27.1 Å². The number of aromatic nitrogens is 3. The second-order valence-electron chi connectivity index (χ2n) is 6.53. The third-order valence-electron chi connectivity index (χ3n) is 4.04. The van der Waals surface area contributed by atoms with Crippen LogP contribution in [0.1, 0.15) is 37.0 Å². The highest BCUT2D eigenvalue weighted by Gasteiger charge is 2.21. The molecule has 1 aromatic carbocycles. The van der Waals surface area contributed by atoms with E-state index < -0.39 is 0 Å². The topological polar surface area (TPSA) is 56.7 Å². The lowest BCUT2D eigenvalue weighted by molar-refractivity contribution is 0.653. The van der Waals surface area contributed by atoms with Crippen molar-refractivity contribution in [3.63, 3.8) is 0 Å². The van der Waals surface area contributed by atoms with Crippen molar-refractivity contribution in [2.75, 3.05) is 6.54 Å². The number of pyridine rings is 1. The highest BCUT2D eigenvalue weighted by Crippen LogP contribution is 2.37. The molecule has 0 aliphatic heterocycles. The number of benzene rings is 1. The zero-order valence-electron chi connectivity index (χ0n) is 15.3. The van der Waals surface area contributed by atoms with E-state index >= 15 is 0 Å². The summed E-state index contributed by atoms with van der Waals surface area (Å²) in [6.45, 7) is 5.49. The number of halogens is 2. The van der Waals surface area contributed by atoms with Gasteiger partial charge in [0, 0.05) is 27.6 Å². The Morgan fingerprint density at radius 3 is 2.48 bits per heavy atom. The minimum absolute atomic E-state index is 0.281. The third-order valence-corrected chi connectivity index (χ3v) is 5.57. The van der Waals surface area contributed by atoms with Crippen LogP contribution in [0.5, 0.6) is 0 Å². The van der Waals surface area contributed by atoms with E-state index in [1.807, 2.05) is 36.5 Å². The van der Waals surface area contributed by atoms with Crippen LogP contribution in [0.4, 0.5) is 0 Å². The van der Waals surface area contributed by atoms with Crippen molar-refractivity contribution in [1.82, 2.24) is 14.5 Å². The van der Waals surface area contributed by atoms with E-state index in [1.165, 1.54) is 0 Å². The van der Waals surface area contributed by atoms with Gasteiger partial charge in [-0.15, -0.1) is 0 Å². The molecular weight excluding hydrogens is 399 g/mol. The van der Waals surface area contributed by atoms with Gasteiger partial charge in [0.2, 0.25) is 0 Å². The van der Waals surface area contributed by atoms with E-state index in [-0.39, 0.29) is 5.92 Å². The molecule has 142 valence electrons. The van der Waals surface area contributed by atoms with E-state index in [4.69, 9.17) is 33.9 Å². The van der Waals surface area contributed by atoms with Gasteiger partial charge in [0.25, 0.3) is 0 Å². The van der Waals surface area contributed by atoms with Gasteiger partial charge in [-0.05, 0) is 42.8 Å². The first kappa shape index (κ1) is 20.2. The Hall–Kier alpha value is -1.53. The molecule has 3 aromatic rings. The predicted octanol–water partition coefficient (Wildman–Crippen LogP) is 5.41. The molecule has 0 spiro atoms. The summed E-state index contributed by atoms with van der Waals surface area (Å²) in [6.07, 6.45) is 2.52. The molecule has 0 atom stereocenters. The van der Waals surface area contributed by atoms with Crippen LogP contribution in [0.15, 0.2) is 52.5 Å². The lowest BCUT2D eigenvalue weighted by Crippen LogP contribution is -2.12. The molecule has 0 bridgehead atoms. The summed E-state index contributed by atoms with van der Waals surface area (Å²) in [5.74, 6) is 1.26. The molecule has 4 nitrogen and oxygen atoms in total. The van der Waals surface area contributed by atoms with Gasteiger partial charge in [-0.3, -0.25) is 4.98 Å². The van der Waals surface area contributed by atoms with Gasteiger partial charge >= 0.3 is 0 Å². The predicted molar refractivity (Wildman–Crippen MR) is 113 cm³/mol. The van der Waals surface area contributed by atoms with E-state index in [1.54, 1.807) is 17.8 Å². The van der Waals surface area contributed by atoms with Crippen LogP contribution < -0.4 is 5.73 Å². The van der Waals surface area contributed by atoms with Crippen molar-refractivity contribution in [2.24, 2.45) is 5.73 Å². The number of rotatable bonds is 7. The molecule has 0 radical (unpaired) electrons. The molecule has 0 aliphatic carbocycles. The van der Waals surface area contributed by atoms with Crippen LogP contribution in [0.2, 0.25) is 10.0 Å². The van der Waals surface area contributed by atoms with Crippen molar-refractivity contribution in [2.45, 2.75) is 42.7 Å². The largest absolute Gasteiger partial charge is 0.330 e. The average molecular weight is 421 g/mol. The van der Waals surface area contributed by atoms with Crippen molar-refractivity contribution in [3.05, 3.63) is 69.9 Å². The molecule has 0 amide bonds. The van der Waals surface area contributed by atoms with Crippen molar-refractivity contribution >= 4 is 35.0 Å². The van der Waals surface area contributed by atoms with Gasteiger partial charge in [0.05, 0.1) is 17.9 Å². The van der Waals surface area contributed by atoms with Crippen LogP contribution in [-0.4, -0.2) is 21.1 Å². The number of imidazole rings is 1. The Balaban J connectivity index is 2.08. The monoisotopic (exact) mass is 420 g/mol. The molecule has 3 rings (SSSR count). The molecule has 0 unspecified atom stereocenters. The summed E-state index contributed by atoms with van der Waals surface area (Å²) in [5.41, 5.74) is 7.87. The van der Waals surface area contributed by atoms with Crippen LogP contribution >= 0.6 is 35.0 Å². The van der Waals surface area contributed by atoms with Crippen molar-refractivity contribution < 1.29 is 0 Å². The Bertz CT molecular complexity index is 890. The molecule has 27 heavy (non-hydrogen) atoms. The molecule has 2 heterocycles. The fourth-order valence-corrected chi connectivity index (χ4v) is 4.74. The fourth-order valence-electron chi connectivity index (χ4n) is 2.82. The highest BCUT2D eigenvalue weighted by molar-refractivity contribution is 7.99. The Morgan fingerprint density at radius 2 is 1.89 bits per heavy atom. The van der Waals surface area contributed by atoms with Gasteiger partial charge < -0.3 is 10.3 Å². The minimum Gasteiger partial charge on any atom is -0.330 e. The Kier molecular flexibility index (Phi) is 6.82. The third kappa shape index (κ3) is 5.05. The number of nitrogens with zero attached hydrogens (tertiary/aromatic N) is 3. The van der Waals surface area contributed by atoms with Gasteiger partial charge in [-0.2, -0.15) is 0 Å². The first-order valence-corrected chi connectivity index (χ1v) is 10.4. The minimum atomic E-state index is 0.281. The summed E-state index contributed by atoms with van der Waals surface area (Å²) in [7, 11) is 0. The van der Waals surface area contributed by atoms with Crippen LogP contribution in [0, 0.1) is 0 Å². The zero-order valence-corrected chi connectivity index (χ0v) is 17.7. The van der Waals surface area contributed by atoms with Gasteiger partial charge in [-0.1, -0.05) is 54.9 Å². The number of hydrogen-bond donors (Lipinski definition) is 1. The standard InChI is InChI=1S/C20H22Cl2N4S/c1-13(2)19-20(27-17-10-14(21)9-15(22)11-17)26(18(25-19)6-7-23)12-16-5-3-4-8-24-16/h3-5,8-11,13H,6-7,12,23H2,1-2H3. The maximum absolute atomic E-state index is 6.20. The Labute approximate surface area is 174 Å². The van der Waals surface area contributed by atoms with Crippen LogP contribution in [0.25, 0.3) is 0 Å². The molecule has 0 fully saturated rings. The smallest absolute Gasteiger partial charge is 0.111 e. The molecular formula is C20H22Cl2N4S.